The zero-order valence-electron chi connectivity index (χ0n) is 12.2. The van der Waals surface area contributed by atoms with Crippen molar-refractivity contribution in [2.24, 2.45) is 0 Å². The average Bonchev–Trinajstić information content (AvgIpc) is 2.40. The molecule has 21 heavy (non-hydrogen) atoms. The number of carboxylic acids is 1. The third-order valence-corrected chi connectivity index (χ3v) is 2.73. The van der Waals surface area contributed by atoms with Crippen LogP contribution in [-0.4, -0.2) is 48.2 Å². The molecule has 1 rings (SSSR count). The van der Waals surface area contributed by atoms with Gasteiger partial charge in [0, 0.05) is 12.7 Å². The molecule has 0 saturated carbocycles. The number of hydrogen-bond donors (Lipinski definition) is 2. The Morgan fingerprint density at radius 3 is 2.52 bits per heavy atom. The number of rotatable bonds is 5. The van der Waals surface area contributed by atoms with E-state index in [1.165, 1.54) is 30.1 Å². The molecule has 0 aliphatic heterocycles. The molecule has 0 aliphatic rings. The van der Waals surface area contributed by atoms with Crippen LogP contribution in [-0.2, 0) is 9.53 Å². The SMILES string of the molecule is CCOC(=O)CN(C)C(=O)Nc1ccc(C(=O)O)cc1C. The molecule has 0 heterocycles. The van der Waals surface area contributed by atoms with E-state index in [1.807, 2.05) is 0 Å². The third-order valence-electron chi connectivity index (χ3n) is 2.73. The van der Waals surface area contributed by atoms with Gasteiger partial charge in [-0.2, -0.15) is 0 Å². The highest BCUT2D eigenvalue weighted by molar-refractivity contribution is 5.93. The maximum Gasteiger partial charge on any atom is 0.335 e. The number of amides is 2. The van der Waals surface area contributed by atoms with Crippen LogP contribution in [0.15, 0.2) is 18.2 Å². The molecule has 0 saturated heterocycles. The molecule has 1 aromatic rings. The van der Waals surface area contributed by atoms with E-state index in [0.717, 1.165) is 0 Å². The molecule has 0 atom stereocenters. The Hall–Kier alpha value is -2.57. The Balaban J connectivity index is 2.70. The maximum absolute atomic E-state index is 11.9. The van der Waals surface area contributed by atoms with Gasteiger partial charge in [-0.1, -0.05) is 0 Å². The number of esters is 1. The molecule has 7 heteroatoms. The van der Waals surface area contributed by atoms with Crippen LogP contribution >= 0.6 is 0 Å². The van der Waals surface area contributed by atoms with Gasteiger partial charge in [0.2, 0.25) is 0 Å². The van der Waals surface area contributed by atoms with Gasteiger partial charge >= 0.3 is 18.0 Å². The standard InChI is InChI=1S/C14H18N2O5/c1-4-21-12(17)8-16(3)14(20)15-11-6-5-10(13(18)19)7-9(11)2/h5-7H,4,8H2,1-3H3,(H,15,20)(H,18,19). The molecule has 0 unspecified atom stereocenters. The number of benzene rings is 1. The number of nitrogens with one attached hydrogen (secondary N) is 1. The second-order valence-corrected chi connectivity index (χ2v) is 4.43. The lowest BCUT2D eigenvalue weighted by Crippen LogP contribution is -2.36. The summed E-state index contributed by atoms with van der Waals surface area (Å²) in [4.78, 5) is 35.2. The van der Waals surface area contributed by atoms with Crippen molar-refractivity contribution in [3.05, 3.63) is 29.3 Å². The van der Waals surface area contributed by atoms with E-state index >= 15 is 0 Å². The van der Waals surface area contributed by atoms with Crippen molar-refractivity contribution in [2.45, 2.75) is 13.8 Å². The fraction of sp³-hybridized carbons (Fsp3) is 0.357. The first kappa shape index (κ1) is 16.5. The number of urea groups is 1. The number of anilines is 1. The molecule has 1 aromatic carbocycles. The predicted molar refractivity (Wildman–Crippen MR) is 76.4 cm³/mol. The Kier molecular flexibility index (Phi) is 5.71. The van der Waals surface area contributed by atoms with Crippen molar-refractivity contribution >= 4 is 23.7 Å². The van der Waals surface area contributed by atoms with Gasteiger partial charge in [-0.25, -0.2) is 9.59 Å². The van der Waals surface area contributed by atoms with Crippen LogP contribution in [0.4, 0.5) is 10.5 Å². The summed E-state index contributed by atoms with van der Waals surface area (Å²) in [6, 6.07) is 3.89. The number of carboxylic acid groups (broad SMARTS) is 1. The zero-order valence-corrected chi connectivity index (χ0v) is 12.2. The Morgan fingerprint density at radius 1 is 1.33 bits per heavy atom. The van der Waals surface area contributed by atoms with Gasteiger partial charge < -0.3 is 20.1 Å². The number of hydrogen-bond acceptors (Lipinski definition) is 4. The number of carbonyl (C=O) groups is 3. The number of ether oxygens (including phenoxy) is 1. The van der Waals surface area contributed by atoms with Gasteiger partial charge in [-0.15, -0.1) is 0 Å². The van der Waals surface area contributed by atoms with E-state index in [-0.39, 0.29) is 18.7 Å². The van der Waals surface area contributed by atoms with E-state index in [2.05, 4.69) is 5.32 Å². The average molecular weight is 294 g/mol. The summed E-state index contributed by atoms with van der Waals surface area (Å²) in [6.45, 7) is 3.47. The highest BCUT2D eigenvalue weighted by Gasteiger charge is 2.15. The van der Waals surface area contributed by atoms with Gasteiger partial charge in [-0.3, -0.25) is 4.79 Å². The normalized spacial score (nSPS) is 9.86. The van der Waals surface area contributed by atoms with Gasteiger partial charge in [0.15, 0.2) is 0 Å². The largest absolute Gasteiger partial charge is 0.478 e. The lowest BCUT2D eigenvalue weighted by molar-refractivity contribution is -0.143. The maximum atomic E-state index is 11.9. The minimum atomic E-state index is -1.03. The molecule has 2 amide bonds. The monoisotopic (exact) mass is 294 g/mol. The lowest BCUT2D eigenvalue weighted by Gasteiger charge is -2.18. The number of aryl methyl sites for hydroxylation is 1. The summed E-state index contributed by atoms with van der Waals surface area (Å²) >= 11 is 0. The highest BCUT2D eigenvalue weighted by Crippen LogP contribution is 2.17. The summed E-state index contributed by atoms with van der Waals surface area (Å²) < 4.78 is 4.75. The van der Waals surface area contributed by atoms with Crippen LogP contribution in [0.5, 0.6) is 0 Å². The van der Waals surface area contributed by atoms with Crippen molar-refractivity contribution in [2.75, 3.05) is 25.5 Å². The summed E-state index contributed by atoms with van der Waals surface area (Å²) in [5, 5.41) is 11.5. The Bertz CT molecular complexity index is 556. The van der Waals surface area contributed by atoms with Gasteiger partial charge in [-0.05, 0) is 37.6 Å². The van der Waals surface area contributed by atoms with E-state index in [9.17, 15) is 14.4 Å². The second kappa shape index (κ2) is 7.28. The Morgan fingerprint density at radius 2 is 2.00 bits per heavy atom. The zero-order chi connectivity index (χ0) is 16.0. The quantitative estimate of drug-likeness (QED) is 0.806. The summed E-state index contributed by atoms with van der Waals surface area (Å²) in [5.74, 6) is -1.52. The van der Waals surface area contributed by atoms with Crippen molar-refractivity contribution in [1.82, 2.24) is 4.90 Å². The Labute approximate surface area is 122 Å². The van der Waals surface area contributed by atoms with E-state index in [4.69, 9.17) is 9.84 Å². The first-order valence-corrected chi connectivity index (χ1v) is 6.36. The number of nitrogens with zero attached hydrogens (tertiary/aromatic N) is 1. The molecule has 0 aliphatic carbocycles. The van der Waals surface area contributed by atoms with Crippen LogP contribution in [0.2, 0.25) is 0 Å². The van der Waals surface area contributed by atoms with Crippen molar-refractivity contribution < 1.29 is 24.2 Å². The molecule has 2 N–H and O–H groups in total. The van der Waals surface area contributed by atoms with Crippen LogP contribution < -0.4 is 5.32 Å². The fourth-order valence-electron chi connectivity index (χ4n) is 1.62. The summed E-state index contributed by atoms with van der Waals surface area (Å²) in [5.41, 5.74) is 1.25. The molecule has 7 nitrogen and oxygen atoms in total. The minimum absolute atomic E-state index is 0.144. The molecule has 0 spiro atoms. The van der Waals surface area contributed by atoms with Gasteiger partial charge in [0.1, 0.15) is 6.54 Å². The van der Waals surface area contributed by atoms with E-state index in [1.54, 1.807) is 13.8 Å². The number of aromatic carboxylic acids is 1. The summed E-state index contributed by atoms with van der Waals surface area (Å²) in [7, 11) is 1.47. The van der Waals surface area contributed by atoms with Gasteiger partial charge in [0.25, 0.3) is 0 Å². The highest BCUT2D eigenvalue weighted by atomic mass is 16.5. The van der Waals surface area contributed by atoms with Crippen LogP contribution in [0.3, 0.4) is 0 Å². The van der Waals surface area contributed by atoms with E-state index < -0.39 is 18.0 Å². The first-order chi connectivity index (χ1) is 9.85. The topological polar surface area (TPSA) is 95.9 Å². The van der Waals surface area contributed by atoms with Crippen LogP contribution in [0, 0.1) is 6.92 Å². The second-order valence-electron chi connectivity index (χ2n) is 4.43. The van der Waals surface area contributed by atoms with Gasteiger partial charge in [0.05, 0.1) is 12.2 Å². The van der Waals surface area contributed by atoms with Crippen LogP contribution in [0.1, 0.15) is 22.8 Å². The smallest absolute Gasteiger partial charge is 0.335 e. The van der Waals surface area contributed by atoms with Crippen molar-refractivity contribution in [1.29, 1.82) is 0 Å². The molecule has 0 radical (unpaired) electrons. The molecule has 0 aromatic heterocycles. The van der Waals surface area contributed by atoms with Crippen molar-refractivity contribution in [3.63, 3.8) is 0 Å². The predicted octanol–water partition coefficient (Wildman–Crippen LogP) is 1.72. The minimum Gasteiger partial charge on any atom is -0.478 e. The lowest BCUT2D eigenvalue weighted by atomic mass is 10.1. The first-order valence-electron chi connectivity index (χ1n) is 6.36. The number of likely N-dealkylation sites (N-methyl/N-ethyl adjacent to an activating group) is 1. The summed E-state index contributed by atoms with van der Waals surface area (Å²) in [6.07, 6.45) is 0. The molecular formula is C14H18N2O5. The molecule has 0 fully saturated rings. The van der Waals surface area contributed by atoms with E-state index in [0.29, 0.717) is 11.3 Å². The number of carbonyl (C=O) groups excluding carboxylic acids is 2. The fourth-order valence-corrected chi connectivity index (χ4v) is 1.62. The van der Waals surface area contributed by atoms with Crippen molar-refractivity contribution in [3.8, 4) is 0 Å². The third kappa shape index (κ3) is 4.79. The molecule has 114 valence electrons. The molecule has 0 bridgehead atoms. The molecular weight excluding hydrogens is 276 g/mol. The van der Waals surface area contributed by atoms with Crippen LogP contribution in [0.25, 0.3) is 0 Å².